The van der Waals surface area contributed by atoms with Gasteiger partial charge in [-0.25, -0.2) is 0 Å². The molecule has 5 nitrogen and oxygen atoms in total. The molecular weight excluding hydrogens is 278 g/mol. The lowest BCUT2D eigenvalue weighted by molar-refractivity contribution is -0.138. The third kappa shape index (κ3) is 3.00. The Kier molecular flexibility index (Phi) is 4.17. The molecule has 1 heterocycles. The highest BCUT2D eigenvalue weighted by molar-refractivity contribution is 5.88. The number of carbonyl (C=O) groups excluding carboxylic acids is 1. The second-order valence-corrected chi connectivity index (χ2v) is 7.62. The minimum Gasteiger partial charge on any atom is -0.384 e. The molecule has 0 unspecified atom stereocenters. The van der Waals surface area contributed by atoms with Crippen LogP contribution >= 0.6 is 0 Å². The van der Waals surface area contributed by atoms with E-state index in [9.17, 15) is 10.1 Å². The highest BCUT2D eigenvalue weighted by Gasteiger charge is 2.53. The molecule has 1 aliphatic heterocycles. The highest BCUT2D eigenvalue weighted by Crippen LogP contribution is 2.47. The lowest BCUT2D eigenvalue weighted by Gasteiger charge is -2.42. The van der Waals surface area contributed by atoms with E-state index in [0.717, 1.165) is 57.8 Å². The SMILES string of the molecule is COCC1(CN[C@@H]2C[C@H]2C)CCN(C(=O)C2(C#N)CC2)CC1. The van der Waals surface area contributed by atoms with Gasteiger partial charge in [-0.15, -0.1) is 0 Å². The molecule has 5 heteroatoms. The number of likely N-dealkylation sites (tertiary alicyclic amines) is 1. The van der Waals surface area contributed by atoms with Gasteiger partial charge in [0.15, 0.2) is 0 Å². The fourth-order valence-corrected chi connectivity index (χ4v) is 3.62. The normalized spacial score (nSPS) is 31.4. The Morgan fingerprint density at radius 1 is 1.36 bits per heavy atom. The number of nitriles is 1. The molecule has 2 atom stereocenters. The Morgan fingerprint density at radius 3 is 2.45 bits per heavy atom. The van der Waals surface area contributed by atoms with Crippen molar-refractivity contribution in [1.29, 1.82) is 5.26 Å². The fraction of sp³-hybridized carbons (Fsp3) is 0.882. The number of ether oxygens (including phenoxy) is 1. The lowest BCUT2D eigenvalue weighted by Crippen LogP contribution is -2.50. The van der Waals surface area contributed by atoms with Crippen LogP contribution in [0.5, 0.6) is 0 Å². The van der Waals surface area contributed by atoms with Gasteiger partial charge in [0.2, 0.25) is 5.91 Å². The number of hydrogen-bond donors (Lipinski definition) is 1. The van der Waals surface area contributed by atoms with Gasteiger partial charge in [-0.2, -0.15) is 5.26 Å². The summed E-state index contributed by atoms with van der Waals surface area (Å²) in [5, 5.41) is 12.9. The van der Waals surface area contributed by atoms with Crippen LogP contribution in [0.3, 0.4) is 0 Å². The first-order valence-corrected chi connectivity index (χ1v) is 8.47. The van der Waals surface area contributed by atoms with E-state index in [1.807, 2.05) is 4.90 Å². The van der Waals surface area contributed by atoms with E-state index in [4.69, 9.17) is 4.74 Å². The molecule has 3 aliphatic rings. The van der Waals surface area contributed by atoms with E-state index in [0.29, 0.717) is 6.04 Å². The Labute approximate surface area is 133 Å². The average molecular weight is 305 g/mol. The van der Waals surface area contributed by atoms with E-state index in [2.05, 4.69) is 18.3 Å². The van der Waals surface area contributed by atoms with E-state index in [1.165, 1.54) is 6.42 Å². The van der Waals surface area contributed by atoms with Crippen LogP contribution in [0.25, 0.3) is 0 Å². The summed E-state index contributed by atoms with van der Waals surface area (Å²) in [7, 11) is 1.76. The standard InChI is InChI=1S/C17H27N3O2/c1-13-9-14(13)19-11-16(12-22-2)5-7-20(8-6-16)15(21)17(10-18)3-4-17/h13-14,19H,3-9,11-12H2,1-2H3/t13-,14-/m1/s1. The summed E-state index contributed by atoms with van der Waals surface area (Å²) in [6, 6.07) is 2.89. The van der Waals surface area contributed by atoms with E-state index in [1.54, 1.807) is 7.11 Å². The summed E-state index contributed by atoms with van der Waals surface area (Å²) in [5.41, 5.74) is -0.542. The minimum absolute atomic E-state index is 0.0600. The van der Waals surface area contributed by atoms with Crippen LogP contribution in [-0.2, 0) is 9.53 Å². The zero-order valence-corrected chi connectivity index (χ0v) is 13.7. The molecule has 0 spiro atoms. The van der Waals surface area contributed by atoms with E-state index < -0.39 is 5.41 Å². The van der Waals surface area contributed by atoms with Crippen molar-refractivity contribution in [1.82, 2.24) is 10.2 Å². The van der Waals surface area contributed by atoms with Gasteiger partial charge in [-0.3, -0.25) is 4.79 Å². The number of hydrogen-bond acceptors (Lipinski definition) is 4. The summed E-state index contributed by atoms with van der Waals surface area (Å²) < 4.78 is 5.46. The highest BCUT2D eigenvalue weighted by atomic mass is 16.5. The Hall–Kier alpha value is -1.12. The van der Waals surface area contributed by atoms with Gasteiger partial charge in [0.25, 0.3) is 0 Å². The van der Waals surface area contributed by atoms with Crippen molar-refractivity contribution in [3.8, 4) is 6.07 Å². The van der Waals surface area contributed by atoms with Crippen molar-refractivity contribution in [2.75, 3.05) is 33.4 Å². The molecule has 1 saturated heterocycles. The third-order valence-corrected chi connectivity index (χ3v) is 5.78. The van der Waals surface area contributed by atoms with Gasteiger partial charge in [-0.1, -0.05) is 6.92 Å². The van der Waals surface area contributed by atoms with Crippen LogP contribution in [0, 0.1) is 28.1 Å². The average Bonchev–Trinajstić information content (AvgIpc) is 3.43. The second-order valence-electron chi connectivity index (χ2n) is 7.62. The Morgan fingerprint density at radius 2 is 2.00 bits per heavy atom. The fourth-order valence-electron chi connectivity index (χ4n) is 3.62. The van der Waals surface area contributed by atoms with Gasteiger partial charge in [0.1, 0.15) is 5.41 Å². The molecule has 0 aromatic rings. The quantitative estimate of drug-likeness (QED) is 0.808. The molecular formula is C17H27N3O2. The van der Waals surface area contributed by atoms with Crippen molar-refractivity contribution in [2.24, 2.45) is 16.7 Å². The maximum absolute atomic E-state index is 12.5. The number of piperidine rings is 1. The van der Waals surface area contributed by atoms with Crippen molar-refractivity contribution >= 4 is 5.91 Å². The number of nitrogens with zero attached hydrogens (tertiary/aromatic N) is 2. The molecule has 3 rings (SSSR count). The smallest absolute Gasteiger partial charge is 0.243 e. The summed E-state index contributed by atoms with van der Waals surface area (Å²) >= 11 is 0. The molecule has 122 valence electrons. The summed E-state index contributed by atoms with van der Waals surface area (Å²) in [6.45, 7) is 5.51. The summed E-state index contributed by atoms with van der Waals surface area (Å²) in [5.74, 6) is 0.858. The number of rotatable bonds is 6. The van der Waals surface area contributed by atoms with Gasteiger partial charge in [0.05, 0.1) is 12.7 Å². The molecule has 3 fully saturated rings. The topological polar surface area (TPSA) is 65.4 Å². The number of methoxy groups -OCH3 is 1. The van der Waals surface area contributed by atoms with Crippen molar-refractivity contribution in [3.05, 3.63) is 0 Å². The zero-order valence-electron chi connectivity index (χ0n) is 13.7. The summed E-state index contributed by atoms with van der Waals surface area (Å²) in [6.07, 6.45) is 4.68. The zero-order chi connectivity index (χ0) is 15.8. The first-order chi connectivity index (χ1) is 10.5. The number of amides is 1. The molecule has 1 N–H and O–H groups in total. The predicted octanol–water partition coefficient (Wildman–Crippen LogP) is 1.54. The molecule has 0 aromatic carbocycles. The molecule has 0 aromatic heterocycles. The lowest BCUT2D eigenvalue weighted by atomic mass is 9.78. The van der Waals surface area contributed by atoms with Crippen LogP contribution in [0.4, 0.5) is 0 Å². The largest absolute Gasteiger partial charge is 0.384 e. The Balaban J connectivity index is 1.55. The molecule has 1 amide bonds. The maximum Gasteiger partial charge on any atom is 0.243 e. The van der Waals surface area contributed by atoms with Gasteiger partial charge in [0, 0.05) is 38.2 Å². The molecule has 0 radical (unpaired) electrons. The van der Waals surface area contributed by atoms with Crippen LogP contribution in [0.15, 0.2) is 0 Å². The van der Waals surface area contributed by atoms with Crippen molar-refractivity contribution in [2.45, 2.75) is 45.1 Å². The van der Waals surface area contributed by atoms with Crippen LogP contribution < -0.4 is 5.32 Å². The van der Waals surface area contributed by atoms with Crippen LogP contribution in [0.2, 0.25) is 0 Å². The predicted molar refractivity (Wildman–Crippen MR) is 83.0 cm³/mol. The first kappa shape index (κ1) is 15.8. The second kappa shape index (κ2) is 5.82. The maximum atomic E-state index is 12.5. The van der Waals surface area contributed by atoms with Gasteiger partial charge in [-0.05, 0) is 38.0 Å². The Bertz CT molecular complexity index is 473. The van der Waals surface area contributed by atoms with Crippen molar-refractivity contribution < 1.29 is 9.53 Å². The first-order valence-electron chi connectivity index (χ1n) is 8.47. The van der Waals surface area contributed by atoms with Gasteiger partial charge < -0.3 is 15.0 Å². The van der Waals surface area contributed by atoms with Crippen LogP contribution in [-0.4, -0.2) is 50.2 Å². The van der Waals surface area contributed by atoms with E-state index >= 15 is 0 Å². The molecule has 0 bridgehead atoms. The molecule has 2 aliphatic carbocycles. The van der Waals surface area contributed by atoms with Gasteiger partial charge >= 0.3 is 0 Å². The molecule has 22 heavy (non-hydrogen) atoms. The number of nitrogens with one attached hydrogen (secondary N) is 1. The van der Waals surface area contributed by atoms with Crippen molar-refractivity contribution in [3.63, 3.8) is 0 Å². The van der Waals surface area contributed by atoms with E-state index in [-0.39, 0.29) is 11.3 Å². The monoisotopic (exact) mass is 305 g/mol. The molecule has 2 saturated carbocycles. The minimum atomic E-state index is -0.678. The third-order valence-electron chi connectivity index (χ3n) is 5.78. The summed E-state index contributed by atoms with van der Waals surface area (Å²) in [4.78, 5) is 14.4. The number of carbonyl (C=O) groups is 1. The van der Waals surface area contributed by atoms with Crippen LogP contribution in [0.1, 0.15) is 39.0 Å².